The molecule has 2 aliphatic carbocycles. The first-order valence-electron chi connectivity index (χ1n) is 20.7. The van der Waals surface area contributed by atoms with Crippen LogP contribution in [0.1, 0.15) is 103 Å². The molecule has 1 heteroatoms. The predicted molar refractivity (Wildman–Crippen MR) is 245 cm³/mol. The maximum atomic E-state index is 2.52. The van der Waals surface area contributed by atoms with Crippen molar-refractivity contribution < 1.29 is 0 Å². The molecule has 0 heterocycles. The van der Waals surface area contributed by atoms with Crippen LogP contribution < -0.4 is 4.90 Å². The molecule has 284 valence electrons. The van der Waals surface area contributed by atoms with Gasteiger partial charge in [-0.05, 0) is 113 Å². The minimum absolute atomic E-state index is 0.00290. The maximum absolute atomic E-state index is 2.52. The molecule has 57 heavy (non-hydrogen) atoms. The van der Waals surface area contributed by atoms with Gasteiger partial charge in [0.25, 0.3) is 0 Å². The number of hydrogen-bond donors (Lipinski definition) is 0. The molecular formula is C56H55N. The topological polar surface area (TPSA) is 3.24 Å². The molecule has 0 saturated carbocycles. The number of fused-ring (bicyclic) bond motifs is 6. The normalized spacial score (nSPS) is 14.8. The zero-order valence-corrected chi connectivity index (χ0v) is 35.4. The molecule has 1 nitrogen and oxygen atoms in total. The number of para-hydroxylation sites is 1. The van der Waals surface area contributed by atoms with Gasteiger partial charge in [-0.15, -0.1) is 0 Å². The van der Waals surface area contributed by atoms with Crippen molar-refractivity contribution in [2.75, 3.05) is 4.90 Å². The van der Waals surface area contributed by atoms with Crippen LogP contribution in [0.5, 0.6) is 0 Å². The van der Waals surface area contributed by atoms with E-state index in [1.807, 2.05) is 0 Å². The Hall–Kier alpha value is -5.66. The van der Waals surface area contributed by atoms with Crippen molar-refractivity contribution >= 4 is 17.1 Å². The van der Waals surface area contributed by atoms with Crippen LogP contribution in [0.2, 0.25) is 0 Å². The molecule has 0 spiro atoms. The summed E-state index contributed by atoms with van der Waals surface area (Å²) in [6, 6.07) is 57.5. The van der Waals surface area contributed by atoms with E-state index in [4.69, 9.17) is 0 Å². The Morgan fingerprint density at radius 3 is 1.54 bits per heavy atom. The monoisotopic (exact) mass is 741 g/mol. The Morgan fingerprint density at radius 2 is 0.877 bits per heavy atom. The van der Waals surface area contributed by atoms with Crippen molar-refractivity contribution in [3.05, 3.63) is 185 Å². The fourth-order valence-electron chi connectivity index (χ4n) is 9.72. The average Bonchev–Trinajstić information content (AvgIpc) is 3.57. The van der Waals surface area contributed by atoms with Gasteiger partial charge in [0.15, 0.2) is 0 Å². The van der Waals surface area contributed by atoms with Gasteiger partial charge in [-0.25, -0.2) is 0 Å². The van der Waals surface area contributed by atoms with Crippen molar-refractivity contribution in [2.45, 2.75) is 90.9 Å². The van der Waals surface area contributed by atoms with Crippen LogP contribution in [-0.4, -0.2) is 0 Å². The average molecular weight is 742 g/mol. The lowest BCUT2D eigenvalue weighted by Crippen LogP contribution is -2.18. The van der Waals surface area contributed by atoms with Crippen LogP contribution in [0.25, 0.3) is 44.5 Å². The largest absolute Gasteiger partial charge is 0.310 e. The van der Waals surface area contributed by atoms with Gasteiger partial charge < -0.3 is 4.90 Å². The number of hydrogen-bond acceptors (Lipinski definition) is 1. The minimum atomic E-state index is -0.122. The lowest BCUT2D eigenvalue weighted by Gasteiger charge is -2.31. The van der Waals surface area contributed by atoms with Gasteiger partial charge in [0.1, 0.15) is 0 Å². The lowest BCUT2D eigenvalue weighted by atomic mass is 9.78. The highest BCUT2D eigenvalue weighted by atomic mass is 15.1. The standard InChI is InChI=1S/C56H55N/c1-53(2,3)38-31-37(32-39(34-38)54(4,5)6)42-21-13-16-28-51(42)57(41-29-30-46-44-22-11-14-26-48(44)55(7,8)50(46)35-41)40-20-17-19-36(33-40)43-24-18-25-47-45-23-12-15-27-49(45)56(9,10)52(43)47/h11-35H,1-10H3. The molecule has 0 unspecified atom stereocenters. The summed E-state index contributed by atoms with van der Waals surface area (Å²) < 4.78 is 0. The van der Waals surface area contributed by atoms with Crippen molar-refractivity contribution in [2.24, 2.45) is 0 Å². The molecule has 0 bridgehead atoms. The minimum Gasteiger partial charge on any atom is -0.310 e. The van der Waals surface area contributed by atoms with Gasteiger partial charge in [0, 0.05) is 27.8 Å². The molecule has 9 rings (SSSR count). The molecule has 0 saturated heterocycles. The highest BCUT2D eigenvalue weighted by Gasteiger charge is 2.38. The summed E-state index contributed by atoms with van der Waals surface area (Å²) in [6.45, 7) is 23.5. The van der Waals surface area contributed by atoms with Gasteiger partial charge >= 0.3 is 0 Å². The van der Waals surface area contributed by atoms with E-state index in [0.717, 1.165) is 11.4 Å². The zero-order chi connectivity index (χ0) is 40.1. The van der Waals surface area contributed by atoms with Crippen molar-refractivity contribution in [3.63, 3.8) is 0 Å². The van der Waals surface area contributed by atoms with Crippen LogP contribution in [0, 0.1) is 0 Å². The van der Waals surface area contributed by atoms with Crippen molar-refractivity contribution in [1.29, 1.82) is 0 Å². The second kappa shape index (κ2) is 12.9. The summed E-state index contributed by atoms with van der Waals surface area (Å²) >= 11 is 0. The zero-order valence-electron chi connectivity index (χ0n) is 35.4. The van der Waals surface area contributed by atoms with Gasteiger partial charge in [-0.1, -0.05) is 191 Å². The number of nitrogens with zero attached hydrogens (tertiary/aromatic N) is 1. The summed E-state index contributed by atoms with van der Waals surface area (Å²) in [6.07, 6.45) is 0. The molecule has 0 aliphatic heterocycles. The Bertz CT molecular complexity index is 2670. The van der Waals surface area contributed by atoms with Gasteiger partial charge in [-0.2, -0.15) is 0 Å². The van der Waals surface area contributed by atoms with E-state index in [2.05, 4.69) is 226 Å². The quantitative estimate of drug-likeness (QED) is 0.170. The molecule has 2 aliphatic rings. The second-order valence-electron chi connectivity index (χ2n) is 19.5. The van der Waals surface area contributed by atoms with E-state index in [0.29, 0.717) is 0 Å². The van der Waals surface area contributed by atoms with E-state index >= 15 is 0 Å². The fourth-order valence-corrected chi connectivity index (χ4v) is 9.72. The first kappa shape index (κ1) is 36.9. The third kappa shape index (κ3) is 5.97. The second-order valence-corrected chi connectivity index (χ2v) is 19.5. The molecule has 0 amide bonds. The molecule has 0 fully saturated rings. The summed E-state index contributed by atoms with van der Waals surface area (Å²) in [5, 5.41) is 0. The highest BCUT2D eigenvalue weighted by Crippen LogP contribution is 2.54. The van der Waals surface area contributed by atoms with Crippen LogP contribution >= 0.6 is 0 Å². The summed E-state index contributed by atoms with van der Waals surface area (Å²) in [7, 11) is 0. The molecular weight excluding hydrogens is 687 g/mol. The van der Waals surface area contributed by atoms with Crippen LogP contribution in [0.3, 0.4) is 0 Å². The van der Waals surface area contributed by atoms with E-state index < -0.39 is 0 Å². The Kier molecular flexibility index (Phi) is 8.38. The summed E-state index contributed by atoms with van der Waals surface area (Å²) in [4.78, 5) is 2.52. The smallest absolute Gasteiger partial charge is 0.0540 e. The summed E-state index contributed by atoms with van der Waals surface area (Å²) in [5.74, 6) is 0. The van der Waals surface area contributed by atoms with E-state index in [-0.39, 0.29) is 21.7 Å². The van der Waals surface area contributed by atoms with E-state index in [1.165, 1.54) is 83.6 Å². The van der Waals surface area contributed by atoms with Crippen molar-refractivity contribution in [1.82, 2.24) is 0 Å². The SMILES string of the molecule is CC(C)(C)c1cc(-c2ccccc2N(c2cccc(-c3cccc4c3C(C)(C)c3ccccc3-4)c2)c2ccc3c(c2)C(C)(C)c2ccccc2-3)cc(C(C)(C)C)c1. The molecule has 7 aromatic carbocycles. The highest BCUT2D eigenvalue weighted by molar-refractivity contribution is 5.93. The number of anilines is 3. The van der Waals surface area contributed by atoms with E-state index in [1.54, 1.807) is 0 Å². The van der Waals surface area contributed by atoms with Crippen LogP contribution in [-0.2, 0) is 21.7 Å². The molecule has 0 aromatic heterocycles. The molecule has 0 N–H and O–H groups in total. The van der Waals surface area contributed by atoms with Gasteiger partial charge in [0.05, 0.1) is 5.69 Å². The molecule has 7 aromatic rings. The Balaban J connectivity index is 1.28. The Labute approximate surface area is 341 Å². The first-order valence-corrected chi connectivity index (χ1v) is 20.7. The Morgan fingerprint density at radius 1 is 0.368 bits per heavy atom. The maximum Gasteiger partial charge on any atom is 0.0540 e. The number of benzene rings is 7. The van der Waals surface area contributed by atoms with Crippen molar-refractivity contribution in [3.8, 4) is 44.5 Å². The summed E-state index contributed by atoms with van der Waals surface area (Å²) in [5.41, 5.74) is 21.8. The first-order chi connectivity index (χ1) is 27.0. The molecule has 0 radical (unpaired) electrons. The third-order valence-electron chi connectivity index (χ3n) is 12.9. The van der Waals surface area contributed by atoms with E-state index in [9.17, 15) is 0 Å². The van der Waals surface area contributed by atoms with Crippen LogP contribution in [0.4, 0.5) is 17.1 Å². The molecule has 0 atom stereocenters. The van der Waals surface area contributed by atoms with Gasteiger partial charge in [-0.3, -0.25) is 0 Å². The predicted octanol–water partition coefficient (Wildman–Crippen LogP) is 15.7. The number of rotatable bonds is 5. The fraction of sp³-hybridized carbons (Fsp3) is 0.250. The lowest BCUT2D eigenvalue weighted by molar-refractivity contribution is 0.569. The van der Waals surface area contributed by atoms with Crippen LogP contribution in [0.15, 0.2) is 152 Å². The third-order valence-corrected chi connectivity index (χ3v) is 12.9. The van der Waals surface area contributed by atoms with Gasteiger partial charge in [0.2, 0.25) is 0 Å².